The van der Waals surface area contributed by atoms with Gasteiger partial charge >= 0.3 is 0 Å². The van der Waals surface area contributed by atoms with E-state index in [1.54, 1.807) is 31.2 Å². The Morgan fingerprint density at radius 1 is 1.47 bits per heavy atom. The van der Waals surface area contributed by atoms with Crippen LogP contribution in [0.4, 0.5) is 11.6 Å². The van der Waals surface area contributed by atoms with Gasteiger partial charge in [-0.25, -0.2) is 0 Å². The molecule has 1 amide bonds. The molecular weight excluding hydrogens is 286 g/mol. The number of amides is 1. The number of rotatable bonds is 2. The molecule has 1 heterocycles. The van der Waals surface area contributed by atoms with E-state index in [0.29, 0.717) is 22.8 Å². The molecule has 88 valence electrons. The lowest BCUT2D eigenvalue weighted by Crippen LogP contribution is -2.11. The van der Waals surface area contributed by atoms with Gasteiger partial charge in [0.2, 0.25) is 5.88 Å². The normalized spacial score (nSPS) is 10.2. The number of nitrogens with two attached hydrogens (primary N) is 1. The molecule has 0 aliphatic heterocycles. The SMILES string of the molecule is Cc1cc(NC(=O)c2ccc(Br)c(N)c2)on1. The Balaban J connectivity index is 2.17. The van der Waals surface area contributed by atoms with E-state index in [4.69, 9.17) is 10.3 Å². The second kappa shape index (κ2) is 4.58. The summed E-state index contributed by atoms with van der Waals surface area (Å²) in [5.41, 5.74) is 7.36. The van der Waals surface area contributed by atoms with Crippen LogP contribution in [0.3, 0.4) is 0 Å². The van der Waals surface area contributed by atoms with Gasteiger partial charge in [0.15, 0.2) is 0 Å². The van der Waals surface area contributed by atoms with Gasteiger partial charge in [-0.2, -0.15) is 0 Å². The Hall–Kier alpha value is -1.82. The zero-order valence-electron chi connectivity index (χ0n) is 9.03. The van der Waals surface area contributed by atoms with Crippen LogP contribution >= 0.6 is 15.9 Å². The van der Waals surface area contributed by atoms with Crippen LogP contribution in [-0.4, -0.2) is 11.1 Å². The van der Waals surface area contributed by atoms with Gasteiger partial charge in [-0.05, 0) is 41.1 Å². The van der Waals surface area contributed by atoms with E-state index in [1.807, 2.05) is 0 Å². The van der Waals surface area contributed by atoms with Crippen molar-refractivity contribution >= 4 is 33.4 Å². The van der Waals surface area contributed by atoms with Crippen molar-refractivity contribution in [2.75, 3.05) is 11.1 Å². The van der Waals surface area contributed by atoms with Crippen LogP contribution in [0.5, 0.6) is 0 Å². The summed E-state index contributed by atoms with van der Waals surface area (Å²) in [5, 5.41) is 6.26. The average Bonchev–Trinajstić information content (AvgIpc) is 2.68. The maximum Gasteiger partial charge on any atom is 0.258 e. The summed E-state index contributed by atoms with van der Waals surface area (Å²) in [7, 11) is 0. The van der Waals surface area contributed by atoms with Crippen LogP contribution in [0.2, 0.25) is 0 Å². The smallest absolute Gasteiger partial charge is 0.258 e. The van der Waals surface area contributed by atoms with Crippen molar-refractivity contribution in [2.24, 2.45) is 0 Å². The first-order chi connectivity index (χ1) is 8.06. The van der Waals surface area contributed by atoms with Crippen molar-refractivity contribution in [3.8, 4) is 0 Å². The fraction of sp³-hybridized carbons (Fsp3) is 0.0909. The van der Waals surface area contributed by atoms with Crippen molar-refractivity contribution in [1.29, 1.82) is 0 Å². The van der Waals surface area contributed by atoms with E-state index < -0.39 is 0 Å². The van der Waals surface area contributed by atoms with E-state index >= 15 is 0 Å². The van der Waals surface area contributed by atoms with Crippen LogP contribution in [0.1, 0.15) is 16.1 Å². The number of hydrogen-bond donors (Lipinski definition) is 2. The third-order valence-electron chi connectivity index (χ3n) is 2.12. The lowest BCUT2D eigenvalue weighted by Gasteiger charge is -2.03. The molecule has 5 nitrogen and oxygen atoms in total. The van der Waals surface area contributed by atoms with Crippen molar-refractivity contribution in [1.82, 2.24) is 5.16 Å². The average molecular weight is 296 g/mol. The summed E-state index contributed by atoms with van der Waals surface area (Å²) in [4.78, 5) is 11.8. The Morgan fingerprint density at radius 3 is 2.82 bits per heavy atom. The molecule has 0 bridgehead atoms. The molecule has 0 aliphatic rings. The molecule has 17 heavy (non-hydrogen) atoms. The molecule has 0 atom stereocenters. The molecule has 0 fully saturated rings. The van der Waals surface area contributed by atoms with Gasteiger partial charge in [0.1, 0.15) is 0 Å². The van der Waals surface area contributed by atoms with E-state index in [2.05, 4.69) is 26.4 Å². The molecular formula is C11H10BrN3O2. The number of nitrogen functional groups attached to an aromatic ring is 1. The van der Waals surface area contributed by atoms with Gasteiger partial charge in [0.05, 0.1) is 5.69 Å². The highest BCUT2D eigenvalue weighted by Gasteiger charge is 2.10. The zero-order chi connectivity index (χ0) is 12.4. The molecule has 0 saturated carbocycles. The molecule has 1 aromatic heterocycles. The van der Waals surface area contributed by atoms with E-state index in [1.165, 1.54) is 0 Å². The molecule has 0 aliphatic carbocycles. The molecule has 0 spiro atoms. The number of aromatic nitrogens is 1. The number of nitrogens with zero attached hydrogens (tertiary/aromatic N) is 1. The van der Waals surface area contributed by atoms with Gasteiger partial charge in [0.25, 0.3) is 5.91 Å². The van der Waals surface area contributed by atoms with Gasteiger partial charge in [-0.1, -0.05) is 5.16 Å². The van der Waals surface area contributed by atoms with Crippen molar-refractivity contribution in [2.45, 2.75) is 6.92 Å². The number of anilines is 2. The largest absolute Gasteiger partial charge is 0.398 e. The first-order valence-corrected chi connectivity index (χ1v) is 5.65. The minimum Gasteiger partial charge on any atom is -0.398 e. The summed E-state index contributed by atoms with van der Waals surface area (Å²) in [6.07, 6.45) is 0. The predicted octanol–water partition coefficient (Wildman–Crippen LogP) is 2.58. The van der Waals surface area contributed by atoms with Crippen LogP contribution in [0, 0.1) is 6.92 Å². The Bertz CT molecular complexity index is 566. The maximum absolute atomic E-state index is 11.8. The van der Waals surface area contributed by atoms with Gasteiger partial charge < -0.3 is 10.3 Å². The Morgan fingerprint density at radius 2 is 2.24 bits per heavy atom. The third-order valence-corrected chi connectivity index (χ3v) is 2.85. The van der Waals surface area contributed by atoms with Crippen LogP contribution < -0.4 is 11.1 Å². The summed E-state index contributed by atoms with van der Waals surface area (Å²) in [6.45, 7) is 1.77. The van der Waals surface area contributed by atoms with Gasteiger partial charge in [-0.3, -0.25) is 10.1 Å². The summed E-state index contributed by atoms with van der Waals surface area (Å²) in [6, 6.07) is 6.61. The number of aryl methyl sites for hydroxylation is 1. The number of hydrogen-bond acceptors (Lipinski definition) is 4. The highest BCUT2D eigenvalue weighted by atomic mass is 79.9. The second-order valence-electron chi connectivity index (χ2n) is 3.52. The fourth-order valence-electron chi connectivity index (χ4n) is 1.29. The monoisotopic (exact) mass is 295 g/mol. The highest BCUT2D eigenvalue weighted by Crippen LogP contribution is 2.21. The predicted molar refractivity (Wildman–Crippen MR) is 67.7 cm³/mol. The lowest BCUT2D eigenvalue weighted by atomic mass is 10.2. The summed E-state index contributed by atoms with van der Waals surface area (Å²) < 4.78 is 5.64. The number of carbonyl (C=O) groups excluding carboxylic acids is 1. The van der Waals surface area contributed by atoms with Crippen molar-refractivity contribution in [3.63, 3.8) is 0 Å². The number of halogens is 1. The highest BCUT2D eigenvalue weighted by molar-refractivity contribution is 9.10. The van der Waals surface area contributed by atoms with Crippen LogP contribution in [-0.2, 0) is 0 Å². The van der Waals surface area contributed by atoms with Crippen LogP contribution in [0.25, 0.3) is 0 Å². The number of benzene rings is 1. The molecule has 2 rings (SSSR count). The van der Waals surface area contributed by atoms with Gasteiger partial charge in [-0.15, -0.1) is 0 Å². The molecule has 6 heteroatoms. The minimum absolute atomic E-state index is 0.291. The first-order valence-electron chi connectivity index (χ1n) is 4.86. The second-order valence-corrected chi connectivity index (χ2v) is 4.38. The molecule has 3 N–H and O–H groups in total. The third kappa shape index (κ3) is 2.65. The van der Waals surface area contributed by atoms with E-state index in [-0.39, 0.29) is 5.91 Å². The molecule has 0 unspecified atom stereocenters. The Labute approximate surface area is 106 Å². The number of nitrogens with one attached hydrogen (secondary N) is 1. The standard InChI is InChI=1S/C11H10BrN3O2/c1-6-4-10(17-15-6)14-11(16)7-2-3-8(12)9(13)5-7/h2-5H,13H2,1H3,(H,14,16). The molecule has 0 saturated heterocycles. The molecule has 2 aromatic rings. The summed E-state index contributed by atoms with van der Waals surface area (Å²) in [5.74, 6) is 0.0225. The minimum atomic E-state index is -0.291. The number of carbonyl (C=O) groups is 1. The first kappa shape index (κ1) is 11.7. The van der Waals surface area contributed by atoms with Crippen LogP contribution in [0.15, 0.2) is 33.3 Å². The van der Waals surface area contributed by atoms with E-state index in [0.717, 1.165) is 4.47 Å². The van der Waals surface area contributed by atoms with Crippen molar-refractivity contribution in [3.05, 3.63) is 40.0 Å². The van der Waals surface area contributed by atoms with E-state index in [9.17, 15) is 4.79 Å². The zero-order valence-corrected chi connectivity index (χ0v) is 10.6. The van der Waals surface area contributed by atoms with Gasteiger partial charge in [0, 0.05) is 21.8 Å². The lowest BCUT2D eigenvalue weighted by molar-refractivity contribution is 0.102. The maximum atomic E-state index is 11.8. The molecule has 1 aromatic carbocycles. The quantitative estimate of drug-likeness (QED) is 0.835. The Kier molecular flexibility index (Phi) is 3.14. The molecule has 0 radical (unpaired) electrons. The van der Waals surface area contributed by atoms with Crippen molar-refractivity contribution < 1.29 is 9.32 Å². The topological polar surface area (TPSA) is 81.2 Å². The fourth-order valence-corrected chi connectivity index (χ4v) is 1.54. The summed E-state index contributed by atoms with van der Waals surface area (Å²) >= 11 is 3.26.